The third-order valence-corrected chi connectivity index (χ3v) is 4.08. The SMILES string of the molecule is COc1ccccc1CNCCCNC1CCCCC1. The van der Waals surface area contributed by atoms with Crippen molar-refractivity contribution in [3.05, 3.63) is 29.8 Å². The molecule has 1 aromatic rings. The smallest absolute Gasteiger partial charge is 0.123 e. The van der Waals surface area contributed by atoms with Gasteiger partial charge in [0.25, 0.3) is 0 Å². The number of rotatable bonds is 8. The van der Waals surface area contributed by atoms with Crippen LogP contribution in [0.3, 0.4) is 0 Å². The molecule has 0 heterocycles. The third-order valence-electron chi connectivity index (χ3n) is 4.08. The van der Waals surface area contributed by atoms with Crippen LogP contribution in [0.1, 0.15) is 44.1 Å². The molecule has 0 aliphatic heterocycles. The van der Waals surface area contributed by atoms with E-state index in [1.165, 1.54) is 44.1 Å². The summed E-state index contributed by atoms with van der Waals surface area (Å²) in [4.78, 5) is 0. The number of ether oxygens (including phenoxy) is 1. The Morgan fingerprint density at radius 2 is 1.90 bits per heavy atom. The number of benzene rings is 1. The van der Waals surface area contributed by atoms with Crippen LogP contribution < -0.4 is 15.4 Å². The first-order chi connectivity index (χ1) is 9.90. The first kappa shape index (κ1) is 15.3. The lowest BCUT2D eigenvalue weighted by molar-refractivity contribution is 0.371. The topological polar surface area (TPSA) is 33.3 Å². The number of methoxy groups -OCH3 is 1. The zero-order chi connectivity index (χ0) is 14.0. The Balaban J connectivity index is 1.55. The van der Waals surface area contributed by atoms with Crippen molar-refractivity contribution in [2.75, 3.05) is 20.2 Å². The maximum Gasteiger partial charge on any atom is 0.123 e. The van der Waals surface area contributed by atoms with Crippen molar-refractivity contribution in [1.82, 2.24) is 10.6 Å². The fraction of sp³-hybridized carbons (Fsp3) is 0.647. The molecule has 2 rings (SSSR count). The van der Waals surface area contributed by atoms with Gasteiger partial charge in [-0.15, -0.1) is 0 Å². The minimum absolute atomic E-state index is 0.776. The highest BCUT2D eigenvalue weighted by molar-refractivity contribution is 5.32. The van der Waals surface area contributed by atoms with Crippen molar-refractivity contribution >= 4 is 0 Å². The maximum atomic E-state index is 5.35. The van der Waals surface area contributed by atoms with E-state index in [1.807, 2.05) is 12.1 Å². The molecular weight excluding hydrogens is 248 g/mol. The molecule has 0 unspecified atom stereocenters. The number of hydrogen-bond donors (Lipinski definition) is 2. The summed E-state index contributed by atoms with van der Waals surface area (Å²) in [7, 11) is 1.73. The van der Waals surface area contributed by atoms with Crippen LogP contribution in [-0.2, 0) is 6.54 Å². The van der Waals surface area contributed by atoms with E-state index >= 15 is 0 Å². The minimum atomic E-state index is 0.776. The molecule has 1 fully saturated rings. The predicted octanol–water partition coefficient (Wildman–Crippen LogP) is 3.10. The van der Waals surface area contributed by atoms with Crippen molar-refractivity contribution in [1.29, 1.82) is 0 Å². The van der Waals surface area contributed by atoms with Gasteiger partial charge < -0.3 is 15.4 Å². The molecular formula is C17H28N2O. The minimum Gasteiger partial charge on any atom is -0.496 e. The zero-order valence-corrected chi connectivity index (χ0v) is 12.7. The lowest BCUT2D eigenvalue weighted by Crippen LogP contribution is -2.33. The van der Waals surface area contributed by atoms with Gasteiger partial charge >= 0.3 is 0 Å². The van der Waals surface area contributed by atoms with Gasteiger partial charge in [0.15, 0.2) is 0 Å². The van der Waals surface area contributed by atoms with E-state index < -0.39 is 0 Å². The monoisotopic (exact) mass is 276 g/mol. The highest BCUT2D eigenvalue weighted by Crippen LogP contribution is 2.17. The molecule has 3 nitrogen and oxygen atoms in total. The average Bonchev–Trinajstić information content (AvgIpc) is 2.52. The maximum absolute atomic E-state index is 5.35. The highest BCUT2D eigenvalue weighted by atomic mass is 16.5. The van der Waals surface area contributed by atoms with E-state index in [-0.39, 0.29) is 0 Å². The van der Waals surface area contributed by atoms with Gasteiger partial charge in [-0.25, -0.2) is 0 Å². The molecule has 3 heteroatoms. The summed E-state index contributed by atoms with van der Waals surface area (Å²) in [5, 5.41) is 7.17. The molecule has 0 saturated heterocycles. The largest absolute Gasteiger partial charge is 0.496 e. The molecule has 0 radical (unpaired) electrons. The quantitative estimate of drug-likeness (QED) is 0.716. The van der Waals surface area contributed by atoms with Gasteiger partial charge in [-0.1, -0.05) is 37.5 Å². The van der Waals surface area contributed by atoms with Crippen molar-refractivity contribution in [2.24, 2.45) is 0 Å². The van der Waals surface area contributed by atoms with Crippen molar-refractivity contribution < 1.29 is 4.74 Å². The molecule has 112 valence electrons. The molecule has 1 aliphatic rings. The molecule has 0 aromatic heterocycles. The Hall–Kier alpha value is -1.06. The Morgan fingerprint density at radius 3 is 2.70 bits per heavy atom. The highest BCUT2D eigenvalue weighted by Gasteiger charge is 2.11. The summed E-state index contributed by atoms with van der Waals surface area (Å²) in [5.74, 6) is 0.973. The van der Waals surface area contributed by atoms with Gasteiger partial charge in [0.05, 0.1) is 7.11 Å². The van der Waals surface area contributed by atoms with Gasteiger partial charge in [-0.3, -0.25) is 0 Å². The third kappa shape index (κ3) is 5.14. The Labute approximate surface area is 123 Å². The molecule has 2 N–H and O–H groups in total. The Bertz CT molecular complexity index is 375. The predicted molar refractivity (Wildman–Crippen MR) is 84.2 cm³/mol. The first-order valence-corrected chi connectivity index (χ1v) is 7.96. The second-order valence-corrected chi connectivity index (χ2v) is 5.63. The van der Waals surface area contributed by atoms with E-state index in [0.29, 0.717) is 0 Å². The van der Waals surface area contributed by atoms with E-state index in [1.54, 1.807) is 7.11 Å². The summed E-state index contributed by atoms with van der Waals surface area (Å²) in [5.41, 5.74) is 1.23. The van der Waals surface area contributed by atoms with E-state index in [2.05, 4.69) is 22.8 Å². The first-order valence-electron chi connectivity index (χ1n) is 7.96. The van der Waals surface area contributed by atoms with Crippen LogP contribution in [0.4, 0.5) is 0 Å². The van der Waals surface area contributed by atoms with E-state index in [4.69, 9.17) is 4.74 Å². The fourth-order valence-electron chi connectivity index (χ4n) is 2.90. The number of nitrogens with one attached hydrogen (secondary N) is 2. The fourth-order valence-corrected chi connectivity index (χ4v) is 2.90. The lowest BCUT2D eigenvalue weighted by Gasteiger charge is -2.22. The normalized spacial score (nSPS) is 16.2. The zero-order valence-electron chi connectivity index (χ0n) is 12.7. The van der Waals surface area contributed by atoms with Crippen LogP contribution in [0, 0.1) is 0 Å². The van der Waals surface area contributed by atoms with Crippen LogP contribution >= 0.6 is 0 Å². The summed E-state index contributed by atoms with van der Waals surface area (Å²) in [6, 6.07) is 8.98. The Morgan fingerprint density at radius 1 is 1.10 bits per heavy atom. The standard InChI is InChI=1S/C17H28N2O/c1-20-17-11-6-5-8-15(17)14-18-12-7-13-19-16-9-3-2-4-10-16/h5-6,8,11,16,18-19H,2-4,7,9-10,12-14H2,1H3. The average molecular weight is 276 g/mol. The molecule has 1 aromatic carbocycles. The number of para-hydroxylation sites is 1. The summed E-state index contributed by atoms with van der Waals surface area (Å²) in [6.45, 7) is 3.06. The van der Waals surface area contributed by atoms with Crippen LogP contribution in [0.15, 0.2) is 24.3 Å². The second-order valence-electron chi connectivity index (χ2n) is 5.63. The molecule has 0 atom stereocenters. The molecule has 0 bridgehead atoms. The van der Waals surface area contributed by atoms with Crippen LogP contribution in [0.25, 0.3) is 0 Å². The van der Waals surface area contributed by atoms with Gasteiger partial charge in [-0.2, -0.15) is 0 Å². The second kappa shape index (κ2) is 8.98. The van der Waals surface area contributed by atoms with Crippen molar-refractivity contribution in [3.63, 3.8) is 0 Å². The van der Waals surface area contributed by atoms with Crippen LogP contribution in [-0.4, -0.2) is 26.2 Å². The Kier molecular flexibility index (Phi) is 6.89. The summed E-state index contributed by atoms with van der Waals surface area (Å²) in [6.07, 6.45) is 8.17. The summed E-state index contributed by atoms with van der Waals surface area (Å²) < 4.78 is 5.35. The molecule has 0 amide bonds. The van der Waals surface area contributed by atoms with E-state index in [9.17, 15) is 0 Å². The van der Waals surface area contributed by atoms with Crippen molar-refractivity contribution in [2.45, 2.75) is 51.1 Å². The van der Waals surface area contributed by atoms with E-state index in [0.717, 1.165) is 31.4 Å². The molecule has 1 saturated carbocycles. The van der Waals surface area contributed by atoms with Crippen LogP contribution in [0.2, 0.25) is 0 Å². The van der Waals surface area contributed by atoms with Gasteiger partial charge in [0.1, 0.15) is 5.75 Å². The van der Waals surface area contributed by atoms with Crippen molar-refractivity contribution in [3.8, 4) is 5.75 Å². The number of hydrogen-bond acceptors (Lipinski definition) is 3. The molecule has 0 spiro atoms. The lowest BCUT2D eigenvalue weighted by atomic mass is 9.95. The molecule has 20 heavy (non-hydrogen) atoms. The summed E-state index contributed by atoms with van der Waals surface area (Å²) >= 11 is 0. The van der Waals surface area contributed by atoms with Gasteiger partial charge in [0.2, 0.25) is 0 Å². The molecule has 1 aliphatic carbocycles. The van der Waals surface area contributed by atoms with Gasteiger partial charge in [-0.05, 0) is 38.4 Å². The van der Waals surface area contributed by atoms with Gasteiger partial charge in [0, 0.05) is 18.2 Å². The van der Waals surface area contributed by atoms with Crippen LogP contribution in [0.5, 0.6) is 5.75 Å².